The molecule has 1 fully saturated rings. The predicted molar refractivity (Wildman–Crippen MR) is 88.5 cm³/mol. The summed E-state index contributed by atoms with van der Waals surface area (Å²) in [5, 5.41) is 12.0. The number of aliphatic carboxylic acids is 1. The van der Waals surface area contributed by atoms with Gasteiger partial charge in [-0.1, -0.05) is 11.6 Å². The van der Waals surface area contributed by atoms with Crippen LogP contribution >= 0.6 is 11.6 Å². The van der Waals surface area contributed by atoms with E-state index in [-0.39, 0.29) is 18.2 Å². The van der Waals surface area contributed by atoms with Gasteiger partial charge in [0.15, 0.2) is 0 Å². The summed E-state index contributed by atoms with van der Waals surface area (Å²) in [6, 6.07) is 3.38. The Morgan fingerprint density at radius 3 is 2.91 bits per heavy atom. The van der Waals surface area contributed by atoms with E-state index in [1.165, 1.54) is 6.20 Å². The van der Waals surface area contributed by atoms with Crippen LogP contribution in [0.2, 0.25) is 5.02 Å². The quantitative estimate of drug-likeness (QED) is 0.746. The van der Waals surface area contributed by atoms with Gasteiger partial charge in [0.25, 0.3) is 0 Å². The molecule has 0 spiro atoms. The normalized spacial score (nSPS) is 18.6. The molecule has 126 valence electrons. The lowest BCUT2D eigenvalue weighted by Crippen LogP contribution is -2.41. The number of hydrogen-bond donors (Lipinski definition) is 2. The molecule has 0 saturated carbocycles. The molecule has 0 bridgehead atoms. The highest BCUT2D eigenvalue weighted by molar-refractivity contribution is 6.30. The van der Waals surface area contributed by atoms with E-state index >= 15 is 0 Å². The Balaban J connectivity index is 1.77. The van der Waals surface area contributed by atoms with E-state index in [0.29, 0.717) is 23.8 Å². The average molecular weight is 340 g/mol. The molecule has 0 radical (unpaired) electrons. The number of piperidine rings is 1. The van der Waals surface area contributed by atoms with Crippen molar-refractivity contribution >= 4 is 29.3 Å². The summed E-state index contributed by atoms with van der Waals surface area (Å²) in [6.45, 7) is 2.53. The van der Waals surface area contributed by atoms with Crippen molar-refractivity contribution in [3.05, 3.63) is 23.4 Å². The number of carboxylic acids is 1. The lowest BCUT2D eigenvalue weighted by molar-refractivity contribution is -0.137. The molecule has 1 aliphatic rings. The fourth-order valence-electron chi connectivity index (χ4n) is 2.76. The van der Waals surface area contributed by atoms with Crippen molar-refractivity contribution in [2.45, 2.75) is 32.1 Å². The number of carbonyl (C=O) groups is 2. The minimum atomic E-state index is -0.753. The van der Waals surface area contributed by atoms with E-state index in [1.54, 1.807) is 12.1 Å². The molecular formula is C16H22ClN3O3. The lowest BCUT2D eigenvalue weighted by Gasteiger charge is -2.31. The fourth-order valence-corrected chi connectivity index (χ4v) is 2.87. The molecule has 0 aliphatic carbocycles. The highest BCUT2D eigenvalue weighted by Gasteiger charge is 2.25. The highest BCUT2D eigenvalue weighted by atomic mass is 35.5. The van der Waals surface area contributed by atoms with Gasteiger partial charge >= 0.3 is 5.97 Å². The molecule has 1 saturated heterocycles. The topological polar surface area (TPSA) is 82.5 Å². The summed E-state index contributed by atoms with van der Waals surface area (Å²) in [7, 11) is 0. The van der Waals surface area contributed by atoms with E-state index in [1.807, 2.05) is 0 Å². The molecule has 0 aromatic carbocycles. The number of nitrogens with zero attached hydrogens (tertiary/aromatic N) is 2. The van der Waals surface area contributed by atoms with Crippen molar-refractivity contribution < 1.29 is 14.7 Å². The highest BCUT2D eigenvalue weighted by Crippen LogP contribution is 2.19. The number of hydrogen-bond acceptors (Lipinski definition) is 4. The van der Waals surface area contributed by atoms with E-state index in [4.69, 9.17) is 16.7 Å². The maximum atomic E-state index is 12.3. The molecule has 23 heavy (non-hydrogen) atoms. The Hall–Kier alpha value is -1.66. The van der Waals surface area contributed by atoms with Gasteiger partial charge in [-0.05, 0) is 50.9 Å². The summed E-state index contributed by atoms with van der Waals surface area (Å²) in [5.74, 6) is -0.315. The van der Waals surface area contributed by atoms with Crippen LogP contribution in [0.4, 0.5) is 5.82 Å². The van der Waals surface area contributed by atoms with Crippen LogP contribution in [0.3, 0.4) is 0 Å². The van der Waals surface area contributed by atoms with Crippen molar-refractivity contribution in [3.63, 3.8) is 0 Å². The smallest absolute Gasteiger partial charge is 0.303 e. The molecule has 2 heterocycles. The van der Waals surface area contributed by atoms with Crippen molar-refractivity contribution in [3.8, 4) is 0 Å². The summed E-state index contributed by atoms with van der Waals surface area (Å²) in [4.78, 5) is 29.2. The summed E-state index contributed by atoms with van der Waals surface area (Å²) >= 11 is 5.78. The molecule has 6 nitrogen and oxygen atoms in total. The number of likely N-dealkylation sites (tertiary alicyclic amines) is 1. The Bertz CT molecular complexity index is 536. The number of aromatic nitrogens is 1. The van der Waals surface area contributed by atoms with Gasteiger partial charge in [-0.2, -0.15) is 0 Å². The molecule has 2 rings (SSSR count). The number of carboxylic acid groups (broad SMARTS) is 1. The molecule has 1 aromatic heterocycles. The standard InChI is InChI=1S/C16H22ClN3O3/c17-13-6-7-14(18-10-13)19-16(23)12-4-3-9-20(11-12)8-2-1-5-15(21)22/h6-7,10,12H,1-5,8-9,11H2,(H,21,22)(H,18,19,23). The Kier molecular flexibility index (Phi) is 6.80. The molecule has 1 aliphatic heterocycles. The van der Waals surface area contributed by atoms with E-state index in [0.717, 1.165) is 32.4 Å². The summed E-state index contributed by atoms with van der Waals surface area (Å²) in [6.07, 6.45) is 5.08. The molecular weight excluding hydrogens is 318 g/mol. The van der Waals surface area contributed by atoms with E-state index < -0.39 is 5.97 Å². The first-order valence-corrected chi connectivity index (χ1v) is 8.29. The first kappa shape index (κ1) is 17.7. The van der Waals surface area contributed by atoms with E-state index in [9.17, 15) is 9.59 Å². The van der Waals surface area contributed by atoms with Gasteiger partial charge in [0.2, 0.25) is 5.91 Å². The van der Waals surface area contributed by atoms with Gasteiger partial charge in [0.05, 0.1) is 10.9 Å². The number of halogens is 1. The second-order valence-electron chi connectivity index (χ2n) is 5.84. The van der Waals surface area contributed by atoms with Crippen LogP contribution in [-0.4, -0.2) is 46.5 Å². The van der Waals surface area contributed by atoms with Crippen LogP contribution in [0.15, 0.2) is 18.3 Å². The number of nitrogens with one attached hydrogen (secondary N) is 1. The third kappa shape index (κ3) is 6.15. The minimum Gasteiger partial charge on any atom is -0.481 e. The van der Waals surface area contributed by atoms with Gasteiger partial charge in [-0.3, -0.25) is 9.59 Å². The Morgan fingerprint density at radius 1 is 1.39 bits per heavy atom. The monoisotopic (exact) mass is 339 g/mol. The lowest BCUT2D eigenvalue weighted by atomic mass is 9.97. The number of carbonyl (C=O) groups excluding carboxylic acids is 1. The van der Waals surface area contributed by atoms with Crippen molar-refractivity contribution in [2.24, 2.45) is 5.92 Å². The second kappa shape index (κ2) is 8.84. The zero-order valence-electron chi connectivity index (χ0n) is 13.0. The first-order chi connectivity index (χ1) is 11.0. The van der Waals surface area contributed by atoms with Crippen LogP contribution in [0, 0.1) is 5.92 Å². The number of anilines is 1. The number of unbranched alkanes of at least 4 members (excludes halogenated alkanes) is 1. The maximum Gasteiger partial charge on any atom is 0.303 e. The van der Waals surface area contributed by atoms with Crippen molar-refractivity contribution in [2.75, 3.05) is 25.0 Å². The van der Waals surface area contributed by atoms with Gasteiger partial charge in [0.1, 0.15) is 5.82 Å². The largest absolute Gasteiger partial charge is 0.481 e. The van der Waals surface area contributed by atoms with Crippen LogP contribution in [0.5, 0.6) is 0 Å². The minimum absolute atomic E-state index is 0.0185. The summed E-state index contributed by atoms with van der Waals surface area (Å²) < 4.78 is 0. The van der Waals surface area contributed by atoms with Gasteiger partial charge in [-0.15, -0.1) is 0 Å². The van der Waals surface area contributed by atoms with E-state index in [2.05, 4.69) is 15.2 Å². The third-order valence-electron chi connectivity index (χ3n) is 3.97. The van der Waals surface area contributed by atoms with Crippen LogP contribution < -0.4 is 5.32 Å². The molecule has 1 amide bonds. The molecule has 7 heteroatoms. The number of amides is 1. The second-order valence-corrected chi connectivity index (χ2v) is 6.28. The molecule has 1 unspecified atom stereocenters. The molecule has 1 aromatic rings. The average Bonchev–Trinajstić information content (AvgIpc) is 2.54. The predicted octanol–water partition coefficient (Wildman–Crippen LogP) is 2.64. The van der Waals surface area contributed by atoms with Crippen LogP contribution in [0.25, 0.3) is 0 Å². The Morgan fingerprint density at radius 2 is 2.22 bits per heavy atom. The third-order valence-corrected chi connectivity index (χ3v) is 4.19. The SMILES string of the molecule is O=C(O)CCCCN1CCCC(C(=O)Nc2ccc(Cl)cn2)C1. The van der Waals surface area contributed by atoms with Crippen LogP contribution in [-0.2, 0) is 9.59 Å². The summed E-state index contributed by atoms with van der Waals surface area (Å²) in [5.41, 5.74) is 0. The zero-order chi connectivity index (χ0) is 16.7. The maximum absolute atomic E-state index is 12.3. The first-order valence-electron chi connectivity index (χ1n) is 7.91. The van der Waals surface area contributed by atoms with Crippen molar-refractivity contribution in [1.82, 2.24) is 9.88 Å². The van der Waals surface area contributed by atoms with Crippen molar-refractivity contribution in [1.29, 1.82) is 0 Å². The zero-order valence-corrected chi connectivity index (χ0v) is 13.8. The Labute approximate surface area is 140 Å². The molecule has 1 atom stereocenters. The number of rotatable bonds is 7. The van der Waals surface area contributed by atoms with Gasteiger partial charge in [0, 0.05) is 19.2 Å². The van der Waals surface area contributed by atoms with Crippen LogP contribution in [0.1, 0.15) is 32.1 Å². The number of pyridine rings is 1. The molecule has 2 N–H and O–H groups in total. The van der Waals surface area contributed by atoms with Gasteiger partial charge < -0.3 is 15.3 Å². The fraction of sp³-hybridized carbons (Fsp3) is 0.562. The van der Waals surface area contributed by atoms with Gasteiger partial charge in [-0.25, -0.2) is 4.98 Å².